The molecule has 0 spiro atoms. The van der Waals surface area contributed by atoms with Crippen molar-refractivity contribution in [1.29, 1.82) is 0 Å². The number of ether oxygens (including phenoxy) is 1. The zero-order chi connectivity index (χ0) is 12.0. The summed E-state index contributed by atoms with van der Waals surface area (Å²) in [5.41, 5.74) is 6.65. The fourth-order valence-corrected chi connectivity index (χ4v) is 1.80. The van der Waals surface area contributed by atoms with Gasteiger partial charge in [0, 0.05) is 17.1 Å². The van der Waals surface area contributed by atoms with Crippen LogP contribution in [0, 0.1) is 5.92 Å². The van der Waals surface area contributed by atoms with E-state index in [1.807, 2.05) is 18.2 Å². The Morgan fingerprint density at radius 2 is 2.19 bits per heavy atom. The lowest BCUT2D eigenvalue weighted by Crippen LogP contribution is -2.10. The maximum Gasteiger partial charge on any atom is 0.125 e. The molecule has 0 aliphatic carbocycles. The average Bonchev–Trinajstić information content (AvgIpc) is 2.27. The maximum atomic E-state index is 5.93. The van der Waals surface area contributed by atoms with Gasteiger partial charge in [-0.1, -0.05) is 37.9 Å². The highest BCUT2D eigenvalue weighted by Crippen LogP contribution is 2.23. The molecule has 0 saturated heterocycles. The Kier molecular flexibility index (Phi) is 5.64. The monoisotopic (exact) mass is 241 g/mol. The minimum absolute atomic E-state index is 0.481. The molecule has 2 nitrogen and oxygen atoms in total. The predicted molar refractivity (Wildman–Crippen MR) is 68.9 cm³/mol. The molecular weight excluding hydrogens is 222 g/mol. The minimum atomic E-state index is 0.481. The summed E-state index contributed by atoms with van der Waals surface area (Å²) in [6.45, 7) is 5.58. The van der Waals surface area contributed by atoms with Crippen LogP contribution in [-0.4, -0.2) is 6.61 Å². The van der Waals surface area contributed by atoms with Crippen molar-refractivity contribution < 1.29 is 4.74 Å². The van der Waals surface area contributed by atoms with E-state index in [-0.39, 0.29) is 0 Å². The third-order valence-electron chi connectivity index (χ3n) is 2.55. The smallest absolute Gasteiger partial charge is 0.125 e. The molecule has 3 heteroatoms. The average molecular weight is 242 g/mol. The van der Waals surface area contributed by atoms with E-state index >= 15 is 0 Å². The van der Waals surface area contributed by atoms with Gasteiger partial charge < -0.3 is 10.5 Å². The Morgan fingerprint density at radius 1 is 1.44 bits per heavy atom. The van der Waals surface area contributed by atoms with Crippen LogP contribution in [0.3, 0.4) is 0 Å². The topological polar surface area (TPSA) is 35.2 Å². The van der Waals surface area contributed by atoms with Crippen molar-refractivity contribution in [3.8, 4) is 5.75 Å². The fraction of sp³-hybridized carbons (Fsp3) is 0.538. The molecule has 1 aromatic rings. The van der Waals surface area contributed by atoms with E-state index in [0.717, 1.165) is 17.9 Å². The van der Waals surface area contributed by atoms with E-state index in [1.54, 1.807) is 0 Å². The van der Waals surface area contributed by atoms with Gasteiger partial charge >= 0.3 is 0 Å². The van der Waals surface area contributed by atoms with E-state index in [0.29, 0.717) is 17.5 Å². The highest BCUT2D eigenvalue weighted by molar-refractivity contribution is 6.30. The van der Waals surface area contributed by atoms with Crippen molar-refractivity contribution in [2.45, 2.75) is 33.2 Å². The van der Waals surface area contributed by atoms with Gasteiger partial charge in [0.1, 0.15) is 5.75 Å². The summed E-state index contributed by atoms with van der Waals surface area (Å²) in [6, 6.07) is 5.59. The zero-order valence-electron chi connectivity index (χ0n) is 10.0. The van der Waals surface area contributed by atoms with Crippen LogP contribution < -0.4 is 10.5 Å². The van der Waals surface area contributed by atoms with Gasteiger partial charge in [-0.3, -0.25) is 0 Å². The molecule has 1 aromatic carbocycles. The van der Waals surface area contributed by atoms with E-state index in [1.165, 1.54) is 12.8 Å². The lowest BCUT2D eigenvalue weighted by molar-refractivity contribution is 0.249. The van der Waals surface area contributed by atoms with Crippen molar-refractivity contribution in [3.05, 3.63) is 28.8 Å². The molecule has 90 valence electrons. The summed E-state index contributed by atoms with van der Waals surface area (Å²) < 4.78 is 5.76. The number of nitrogens with two attached hydrogens (primary N) is 1. The third-order valence-corrected chi connectivity index (χ3v) is 2.79. The molecule has 0 heterocycles. The summed E-state index contributed by atoms with van der Waals surface area (Å²) >= 11 is 5.93. The lowest BCUT2D eigenvalue weighted by Gasteiger charge is -2.14. The molecule has 0 saturated carbocycles. The van der Waals surface area contributed by atoms with E-state index in [2.05, 4.69) is 13.8 Å². The van der Waals surface area contributed by atoms with Gasteiger partial charge in [-0.15, -0.1) is 0 Å². The first-order valence-corrected chi connectivity index (χ1v) is 6.16. The standard InChI is InChI=1S/C13H20ClNO/c1-3-4-10(2)9-16-13-7-12(14)6-5-11(13)8-15/h5-7,10H,3-4,8-9,15H2,1-2H3. The van der Waals surface area contributed by atoms with Crippen LogP contribution in [0.15, 0.2) is 18.2 Å². The fourth-order valence-electron chi connectivity index (χ4n) is 1.64. The molecule has 0 aliphatic rings. The minimum Gasteiger partial charge on any atom is -0.493 e. The molecule has 0 fully saturated rings. The first kappa shape index (κ1) is 13.3. The van der Waals surface area contributed by atoms with E-state index in [9.17, 15) is 0 Å². The molecule has 0 aliphatic heterocycles. The Hall–Kier alpha value is -0.730. The second-order valence-corrected chi connectivity index (χ2v) is 4.60. The quantitative estimate of drug-likeness (QED) is 0.826. The van der Waals surface area contributed by atoms with Crippen LogP contribution in [0.4, 0.5) is 0 Å². The highest BCUT2D eigenvalue weighted by Gasteiger charge is 2.06. The third kappa shape index (κ3) is 4.03. The summed E-state index contributed by atoms with van der Waals surface area (Å²) in [6.07, 6.45) is 2.36. The molecule has 0 aromatic heterocycles. The van der Waals surface area contributed by atoms with Crippen molar-refractivity contribution in [3.63, 3.8) is 0 Å². The van der Waals surface area contributed by atoms with Gasteiger partial charge in [0.2, 0.25) is 0 Å². The van der Waals surface area contributed by atoms with Crippen molar-refractivity contribution in [2.24, 2.45) is 11.7 Å². The van der Waals surface area contributed by atoms with Crippen LogP contribution in [0.1, 0.15) is 32.3 Å². The zero-order valence-corrected chi connectivity index (χ0v) is 10.8. The summed E-state index contributed by atoms with van der Waals surface area (Å²) in [7, 11) is 0. The Balaban J connectivity index is 2.61. The van der Waals surface area contributed by atoms with Crippen LogP contribution in [0.5, 0.6) is 5.75 Å². The lowest BCUT2D eigenvalue weighted by atomic mass is 10.1. The molecule has 1 rings (SSSR count). The first-order chi connectivity index (χ1) is 7.67. The van der Waals surface area contributed by atoms with Gasteiger partial charge in [-0.25, -0.2) is 0 Å². The van der Waals surface area contributed by atoms with Crippen LogP contribution >= 0.6 is 11.6 Å². The molecule has 0 amide bonds. The molecule has 1 unspecified atom stereocenters. The van der Waals surface area contributed by atoms with Crippen molar-refractivity contribution >= 4 is 11.6 Å². The maximum absolute atomic E-state index is 5.93. The molecule has 2 N–H and O–H groups in total. The summed E-state index contributed by atoms with van der Waals surface area (Å²) in [5.74, 6) is 1.38. The number of hydrogen-bond acceptors (Lipinski definition) is 2. The second kappa shape index (κ2) is 6.77. The number of rotatable bonds is 6. The molecule has 0 radical (unpaired) electrons. The van der Waals surface area contributed by atoms with Gasteiger partial charge in [0.25, 0.3) is 0 Å². The van der Waals surface area contributed by atoms with Gasteiger partial charge in [-0.2, -0.15) is 0 Å². The van der Waals surface area contributed by atoms with E-state index in [4.69, 9.17) is 22.1 Å². The predicted octanol–water partition coefficient (Wildman–Crippen LogP) is 3.61. The number of hydrogen-bond donors (Lipinski definition) is 1. The van der Waals surface area contributed by atoms with Gasteiger partial charge in [0.05, 0.1) is 6.61 Å². The number of benzene rings is 1. The molecule has 0 bridgehead atoms. The number of halogens is 1. The Labute approximate surface area is 103 Å². The Morgan fingerprint density at radius 3 is 2.81 bits per heavy atom. The van der Waals surface area contributed by atoms with Crippen LogP contribution in [0.2, 0.25) is 5.02 Å². The largest absolute Gasteiger partial charge is 0.493 e. The Bertz CT molecular complexity index is 328. The van der Waals surface area contributed by atoms with Crippen molar-refractivity contribution in [1.82, 2.24) is 0 Å². The molecular formula is C13H20ClNO. The van der Waals surface area contributed by atoms with Gasteiger partial charge in [0.15, 0.2) is 0 Å². The molecule has 1 atom stereocenters. The van der Waals surface area contributed by atoms with Crippen LogP contribution in [0.25, 0.3) is 0 Å². The van der Waals surface area contributed by atoms with Crippen molar-refractivity contribution in [2.75, 3.05) is 6.61 Å². The normalized spacial score (nSPS) is 12.5. The highest BCUT2D eigenvalue weighted by atomic mass is 35.5. The second-order valence-electron chi connectivity index (χ2n) is 4.16. The first-order valence-electron chi connectivity index (χ1n) is 5.78. The van der Waals surface area contributed by atoms with Crippen LogP contribution in [-0.2, 0) is 6.54 Å². The van der Waals surface area contributed by atoms with E-state index < -0.39 is 0 Å². The summed E-state index contributed by atoms with van der Waals surface area (Å²) in [5, 5.41) is 0.690. The summed E-state index contributed by atoms with van der Waals surface area (Å²) in [4.78, 5) is 0. The molecule has 16 heavy (non-hydrogen) atoms. The SMILES string of the molecule is CCCC(C)COc1cc(Cl)ccc1CN. The van der Waals surface area contributed by atoms with Gasteiger partial charge in [-0.05, 0) is 24.5 Å².